The van der Waals surface area contributed by atoms with E-state index in [9.17, 15) is 13.2 Å². The van der Waals surface area contributed by atoms with Crippen LogP contribution in [0, 0.1) is 0 Å². The highest BCUT2D eigenvalue weighted by molar-refractivity contribution is 7.80. The number of alkyl halides is 3. The van der Waals surface area contributed by atoms with Crippen LogP contribution < -0.4 is 5.32 Å². The molecule has 0 spiro atoms. The average Bonchev–Trinajstić information content (AvgIpc) is 3.13. The molecule has 1 atom stereocenters. The SMILES string of the molecule is FC(F)(F)c1cccc(CN2CCN(C(=S)NCC3CCCO3)CC2)c1. The lowest BCUT2D eigenvalue weighted by molar-refractivity contribution is -0.137. The highest BCUT2D eigenvalue weighted by Crippen LogP contribution is 2.29. The second-order valence-electron chi connectivity index (χ2n) is 6.78. The lowest BCUT2D eigenvalue weighted by Gasteiger charge is -2.36. The Bertz CT molecular complexity index is 612. The van der Waals surface area contributed by atoms with E-state index >= 15 is 0 Å². The van der Waals surface area contributed by atoms with E-state index in [1.54, 1.807) is 6.07 Å². The first-order valence-electron chi connectivity index (χ1n) is 8.95. The van der Waals surface area contributed by atoms with Gasteiger partial charge in [0.05, 0.1) is 11.7 Å². The van der Waals surface area contributed by atoms with Gasteiger partial charge in [-0.05, 0) is 36.7 Å². The molecule has 2 aliphatic heterocycles. The second-order valence-corrected chi connectivity index (χ2v) is 7.17. The summed E-state index contributed by atoms with van der Waals surface area (Å²) in [5.74, 6) is 0. The van der Waals surface area contributed by atoms with Crippen LogP contribution in [0.25, 0.3) is 0 Å². The number of hydrogen-bond acceptors (Lipinski definition) is 3. The predicted molar refractivity (Wildman–Crippen MR) is 97.9 cm³/mol. The number of ether oxygens (including phenoxy) is 1. The number of hydrogen-bond donors (Lipinski definition) is 1. The van der Waals surface area contributed by atoms with Crippen LogP contribution in [0.4, 0.5) is 13.2 Å². The van der Waals surface area contributed by atoms with Gasteiger partial charge < -0.3 is 15.0 Å². The molecule has 0 radical (unpaired) electrons. The predicted octanol–water partition coefficient (Wildman–Crippen LogP) is 2.88. The number of nitrogens with one attached hydrogen (secondary N) is 1. The fourth-order valence-electron chi connectivity index (χ4n) is 3.33. The van der Waals surface area contributed by atoms with Gasteiger partial charge in [-0.2, -0.15) is 13.2 Å². The highest BCUT2D eigenvalue weighted by atomic mass is 32.1. The Hall–Kier alpha value is -1.38. The van der Waals surface area contributed by atoms with E-state index in [1.807, 2.05) is 0 Å². The van der Waals surface area contributed by atoms with Gasteiger partial charge in [0.2, 0.25) is 0 Å². The first kappa shape index (κ1) is 19.4. The van der Waals surface area contributed by atoms with Crippen molar-refractivity contribution >= 4 is 17.3 Å². The fraction of sp³-hybridized carbons (Fsp3) is 0.611. The Morgan fingerprint density at radius 1 is 1.23 bits per heavy atom. The van der Waals surface area contributed by atoms with Crippen LogP contribution in [0.1, 0.15) is 24.0 Å². The normalized spacial score (nSPS) is 21.8. The Morgan fingerprint density at radius 2 is 2.00 bits per heavy atom. The Labute approximate surface area is 157 Å². The highest BCUT2D eigenvalue weighted by Gasteiger charge is 2.30. The number of nitrogens with zero attached hydrogens (tertiary/aromatic N) is 2. The van der Waals surface area contributed by atoms with E-state index in [0.29, 0.717) is 12.1 Å². The summed E-state index contributed by atoms with van der Waals surface area (Å²) in [5, 5.41) is 4.01. The number of thiocarbonyl (C=S) groups is 1. The van der Waals surface area contributed by atoms with Crippen molar-refractivity contribution in [3.05, 3.63) is 35.4 Å². The summed E-state index contributed by atoms with van der Waals surface area (Å²) in [7, 11) is 0. The largest absolute Gasteiger partial charge is 0.416 e. The van der Waals surface area contributed by atoms with Crippen molar-refractivity contribution in [3.8, 4) is 0 Å². The van der Waals surface area contributed by atoms with Crippen molar-refractivity contribution in [2.75, 3.05) is 39.3 Å². The van der Waals surface area contributed by atoms with Crippen LogP contribution in [-0.4, -0.2) is 60.3 Å². The molecule has 2 saturated heterocycles. The topological polar surface area (TPSA) is 27.7 Å². The van der Waals surface area contributed by atoms with Crippen molar-refractivity contribution in [2.24, 2.45) is 0 Å². The summed E-state index contributed by atoms with van der Waals surface area (Å²) in [6.07, 6.45) is -1.88. The van der Waals surface area contributed by atoms with Crippen LogP contribution in [0.15, 0.2) is 24.3 Å². The molecule has 0 amide bonds. The summed E-state index contributed by atoms with van der Waals surface area (Å²) in [6.45, 7) is 5.19. The minimum Gasteiger partial charge on any atom is -0.376 e. The third-order valence-electron chi connectivity index (χ3n) is 4.82. The lowest BCUT2D eigenvalue weighted by Crippen LogP contribution is -2.52. The standard InChI is InChI=1S/C18H24F3N3OS/c19-18(20,21)15-4-1-3-14(11-15)13-23-6-8-24(9-7-23)17(26)22-12-16-5-2-10-25-16/h1,3-4,11,16H,2,5-10,12-13H2,(H,22,26). The average molecular weight is 387 g/mol. The molecule has 4 nitrogen and oxygen atoms in total. The van der Waals surface area contributed by atoms with Gasteiger partial charge in [-0.15, -0.1) is 0 Å². The van der Waals surface area contributed by atoms with Crippen LogP contribution in [0.2, 0.25) is 0 Å². The molecule has 144 valence electrons. The number of piperazine rings is 1. The van der Waals surface area contributed by atoms with E-state index in [-0.39, 0.29) is 6.10 Å². The second kappa shape index (κ2) is 8.54. The van der Waals surface area contributed by atoms with Crippen molar-refractivity contribution in [2.45, 2.75) is 31.7 Å². The van der Waals surface area contributed by atoms with Crippen molar-refractivity contribution in [1.82, 2.24) is 15.1 Å². The smallest absolute Gasteiger partial charge is 0.376 e. The summed E-state index contributed by atoms with van der Waals surface area (Å²) in [5.41, 5.74) is 0.0977. The third kappa shape index (κ3) is 5.31. The van der Waals surface area contributed by atoms with Gasteiger partial charge in [0, 0.05) is 45.9 Å². The quantitative estimate of drug-likeness (QED) is 0.802. The molecule has 0 saturated carbocycles. The first-order chi connectivity index (χ1) is 12.4. The lowest BCUT2D eigenvalue weighted by atomic mass is 10.1. The molecule has 1 unspecified atom stereocenters. The molecule has 2 fully saturated rings. The molecule has 1 N–H and O–H groups in total. The van der Waals surface area contributed by atoms with Crippen molar-refractivity contribution in [3.63, 3.8) is 0 Å². The van der Waals surface area contributed by atoms with E-state index < -0.39 is 11.7 Å². The third-order valence-corrected chi connectivity index (χ3v) is 5.23. The first-order valence-corrected chi connectivity index (χ1v) is 9.35. The molecule has 0 aliphatic carbocycles. The van der Waals surface area contributed by atoms with Gasteiger partial charge in [-0.25, -0.2) is 0 Å². The number of benzene rings is 1. The van der Waals surface area contributed by atoms with Gasteiger partial charge in [0.1, 0.15) is 0 Å². The monoisotopic (exact) mass is 387 g/mol. The molecular formula is C18H24F3N3OS. The molecule has 2 heterocycles. The van der Waals surface area contributed by atoms with E-state index in [0.717, 1.165) is 63.4 Å². The maximum atomic E-state index is 12.8. The Kier molecular flexibility index (Phi) is 6.37. The molecule has 8 heteroatoms. The minimum atomic E-state index is -4.30. The fourth-order valence-corrected chi connectivity index (χ4v) is 3.60. The molecule has 3 rings (SSSR count). The van der Waals surface area contributed by atoms with Gasteiger partial charge in [0.25, 0.3) is 0 Å². The number of halogens is 3. The zero-order valence-corrected chi connectivity index (χ0v) is 15.4. The van der Waals surface area contributed by atoms with Crippen LogP contribution in [-0.2, 0) is 17.5 Å². The van der Waals surface area contributed by atoms with Crippen LogP contribution in [0.5, 0.6) is 0 Å². The molecule has 26 heavy (non-hydrogen) atoms. The zero-order chi connectivity index (χ0) is 18.6. The van der Waals surface area contributed by atoms with Gasteiger partial charge in [-0.1, -0.05) is 18.2 Å². The summed E-state index contributed by atoms with van der Waals surface area (Å²) in [4.78, 5) is 4.28. The van der Waals surface area contributed by atoms with Crippen LogP contribution >= 0.6 is 12.2 Å². The van der Waals surface area contributed by atoms with Gasteiger partial charge >= 0.3 is 6.18 Å². The summed E-state index contributed by atoms with van der Waals surface area (Å²) < 4.78 is 44.0. The van der Waals surface area contributed by atoms with Crippen molar-refractivity contribution in [1.29, 1.82) is 0 Å². The number of rotatable bonds is 4. The van der Waals surface area contributed by atoms with Crippen molar-refractivity contribution < 1.29 is 17.9 Å². The maximum absolute atomic E-state index is 12.8. The molecular weight excluding hydrogens is 363 g/mol. The van der Waals surface area contributed by atoms with Crippen LogP contribution in [0.3, 0.4) is 0 Å². The Balaban J connectivity index is 1.44. The molecule has 0 bridgehead atoms. The molecule has 1 aromatic rings. The van der Waals surface area contributed by atoms with E-state index in [4.69, 9.17) is 17.0 Å². The van der Waals surface area contributed by atoms with Gasteiger partial charge in [-0.3, -0.25) is 4.90 Å². The zero-order valence-electron chi connectivity index (χ0n) is 14.6. The molecule has 1 aromatic carbocycles. The Morgan fingerprint density at radius 3 is 2.65 bits per heavy atom. The molecule has 2 aliphatic rings. The van der Waals surface area contributed by atoms with Gasteiger partial charge in [0.15, 0.2) is 5.11 Å². The molecule has 0 aromatic heterocycles. The summed E-state index contributed by atoms with van der Waals surface area (Å²) >= 11 is 5.45. The minimum absolute atomic E-state index is 0.246. The van der Waals surface area contributed by atoms with E-state index in [1.165, 1.54) is 12.1 Å². The van der Waals surface area contributed by atoms with E-state index in [2.05, 4.69) is 15.1 Å². The summed E-state index contributed by atoms with van der Waals surface area (Å²) in [6, 6.07) is 5.56. The maximum Gasteiger partial charge on any atom is 0.416 e.